The molecule has 118 valence electrons. The molecule has 2 N–H and O–H groups in total. The quantitative estimate of drug-likeness (QED) is 0.896. The molecule has 1 unspecified atom stereocenters. The average molecular weight is 302 g/mol. The van der Waals surface area contributed by atoms with Crippen LogP contribution < -0.4 is 10.6 Å². The highest BCUT2D eigenvalue weighted by atomic mass is 16.5. The lowest BCUT2D eigenvalue weighted by Gasteiger charge is -2.33. The summed E-state index contributed by atoms with van der Waals surface area (Å²) in [5, 5.41) is 0. The van der Waals surface area contributed by atoms with E-state index in [1.165, 1.54) is 0 Å². The van der Waals surface area contributed by atoms with Gasteiger partial charge in [0.25, 0.3) is 0 Å². The summed E-state index contributed by atoms with van der Waals surface area (Å²) in [6.07, 6.45) is 7.86. The van der Waals surface area contributed by atoms with E-state index in [9.17, 15) is 0 Å². The van der Waals surface area contributed by atoms with Crippen molar-refractivity contribution in [1.82, 2.24) is 19.5 Å². The number of piperidine rings is 1. The predicted molar refractivity (Wildman–Crippen MR) is 84.7 cm³/mol. The smallest absolute Gasteiger partial charge is 0.221 e. The Kier molecular flexibility index (Phi) is 4.53. The Balaban J connectivity index is 1.74. The van der Waals surface area contributed by atoms with Gasteiger partial charge in [-0.05, 0) is 18.9 Å². The molecular weight excluding hydrogens is 280 g/mol. The average Bonchev–Trinajstić information content (AvgIpc) is 3.01. The van der Waals surface area contributed by atoms with Crippen molar-refractivity contribution in [1.29, 1.82) is 0 Å². The summed E-state index contributed by atoms with van der Waals surface area (Å²) < 4.78 is 7.36. The van der Waals surface area contributed by atoms with Crippen molar-refractivity contribution >= 4 is 11.8 Å². The minimum atomic E-state index is 0.321. The predicted octanol–water partition coefficient (Wildman–Crippen LogP) is 1.29. The summed E-state index contributed by atoms with van der Waals surface area (Å²) in [5.74, 6) is 2.74. The van der Waals surface area contributed by atoms with Gasteiger partial charge in [0.2, 0.25) is 5.95 Å². The maximum Gasteiger partial charge on any atom is 0.221 e. The maximum absolute atomic E-state index is 5.69. The molecule has 0 radical (unpaired) electrons. The summed E-state index contributed by atoms with van der Waals surface area (Å²) in [5.41, 5.74) is 5.69. The van der Waals surface area contributed by atoms with Crippen LogP contribution in [-0.2, 0) is 11.3 Å². The second kappa shape index (κ2) is 6.74. The number of aromatic nitrogens is 4. The Morgan fingerprint density at radius 3 is 3.09 bits per heavy atom. The molecule has 1 fully saturated rings. The third-order valence-corrected chi connectivity index (χ3v) is 4.05. The lowest BCUT2D eigenvalue weighted by atomic mass is 9.97. The third kappa shape index (κ3) is 3.19. The summed E-state index contributed by atoms with van der Waals surface area (Å²) in [4.78, 5) is 15.1. The van der Waals surface area contributed by atoms with Crippen LogP contribution in [0.25, 0.3) is 0 Å². The van der Waals surface area contributed by atoms with Crippen LogP contribution in [0.5, 0.6) is 0 Å². The highest BCUT2D eigenvalue weighted by Crippen LogP contribution is 2.28. The van der Waals surface area contributed by atoms with Crippen LogP contribution in [0.3, 0.4) is 0 Å². The van der Waals surface area contributed by atoms with E-state index in [1.807, 2.05) is 18.5 Å². The van der Waals surface area contributed by atoms with E-state index in [0.29, 0.717) is 18.5 Å². The van der Waals surface area contributed by atoms with Crippen molar-refractivity contribution in [3.05, 3.63) is 30.5 Å². The first-order valence-corrected chi connectivity index (χ1v) is 7.61. The summed E-state index contributed by atoms with van der Waals surface area (Å²) in [6.45, 7) is 3.43. The van der Waals surface area contributed by atoms with Gasteiger partial charge < -0.3 is 19.9 Å². The molecule has 1 aliphatic heterocycles. The maximum atomic E-state index is 5.69. The molecule has 1 atom stereocenters. The van der Waals surface area contributed by atoms with E-state index in [4.69, 9.17) is 10.5 Å². The van der Waals surface area contributed by atoms with Crippen LogP contribution in [0.4, 0.5) is 11.8 Å². The van der Waals surface area contributed by atoms with Crippen molar-refractivity contribution in [3.8, 4) is 0 Å². The Labute approximate surface area is 130 Å². The topological polar surface area (TPSA) is 82.1 Å². The number of rotatable bonds is 5. The number of ether oxygens (including phenoxy) is 1. The number of anilines is 2. The first kappa shape index (κ1) is 14.8. The summed E-state index contributed by atoms with van der Waals surface area (Å²) >= 11 is 0. The SMILES string of the molecule is COCCn1ccnc1C1CCCN(c2ccnc(N)n2)C1. The first-order valence-electron chi connectivity index (χ1n) is 7.61. The van der Waals surface area contributed by atoms with Crippen LogP contribution in [0, 0.1) is 0 Å². The number of nitrogens with two attached hydrogens (primary N) is 1. The van der Waals surface area contributed by atoms with Gasteiger partial charge in [0.1, 0.15) is 11.6 Å². The molecule has 3 heterocycles. The van der Waals surface area contributed by atoms with Gasteiger partial charge in [0.05, 0.1) is 6.61 Å². The van der Waals surface area contributed by atoms with Crippen molar-refractivity contribution in [2.75, 3.05) is 37.4 Å². The van der Waals surface area contributed by atoms with Crippen molar-refractivity contribution in [2.24, 2.45) is 0 Å². The van der Waals surface area contributed by atoms with Crippen molar-refractivity contribution in [2.45, 2.75) is 25.3 Å². The van der Waals surface area contributed by atoms with Crippen LogP contribution in [0.2, 0.25) is 0 Å². The van der Waals surface area contributed by atoms with Gasteiger partial charge in [-0.25, -0.2) is 9.97 Å². The third-order valence-electron chi connectivity index (χ3n) is 4.05. The fourth-order valence-electron chi connectivity index (χ4n) is 3.00. The minimum Gasteiger partial charge on any atom is -0.383 e. The number of imidazole rings is 1. The molecule has 0 saturated carbocycles. The van der Waals surface area contributed by atoms with Crippen LogP contribution in [0.1, 0.15) is 24.6 Å². The van der Waals surface area contributed by atoms with Crippen LogP contribution >= 0.6 is 0 Å². The normalized spacial score (nSPS) is 18.6. The minimum absolute atomic E-state index is 0.321. The monoisotopic (exact) mass is 302 g/mol. The molecule has 0 amide bonds. The zero-order chi connectivity index (χ0) is 15.4. The molecular formula is C15H22N6O. The lowest BCUT2D eigenvalue weighted by Crippen LogP contribution is -2.36. The van der Waals surface area contributed by atoms with E-state index < -0.39 is 0 Å². The van der Waals surface area contributed by atoms with E-state index in [-0.39, 0.29) is 0 Å². The number of hydrogen-bond donors (Lipinski definition) is 1. The molecule has 1 aliphatic rings. The highest BCUT2D eigenvalue weighted by molar-refractivity contribution is 5.42. The Morgan fingerprint density at radius 2 is 2.27 bits per heavy atom. The molecule has 7 nitrogen and oxygen atoms in total. The molecule has 0 spiro atoms. The van der Waals surface area contributed by atoms with Gasteiger partial charge in [0.15, 0.2) is 0 Å². The molecule has 0 aromatic carbocycles. The highest BCUT2D eigenvalue weighted by Gasteiger charge is 2.25. The van der Waals surface area contributed by atoms with Crippen molar-refractivity contribution < 1.29 is 4.74 Å². The summed E-state index contributed by atoms with van der Waals surface area (Å²) in [7, 11) is 1.72. The Bertz CT molecular complexity index is 614. The van der Waals surface area contributed by atoms with Gasteiger partial charge in [-0.3, -0.25) is 0 Å². The number of methoxy groups -OCH3 is 1. The first-order chi connectivity index (χ1) is 10.8. The van der Waals surface area contributed by atoms with E-state index in [1.54, 1.807) is 13.3 Å². The van der Waals surface area contributed by atoms with Gasteiger partial charge >= 0.3 is 0 Å². The zero-order valence-electron chi connectivity index (χ0n) is 12.9. The number of nitrogens with zero attached hydrogens (tertiary/aromatic N) is 5. The number of hydrogen-bond acceptors (Lipinski definition) is 6. The largest absolute Gasteiger partial charge is 0.383 e. The second-order valence-electron chi connectivity index (χ2n) is 5.53. The molecule has 2 aromatic rings. The number of nitrogen functional groups attached to an aromatic ring is 1. The van der Waals surface area contributed by atoms with E-state index in [2.05, 4.69) is 24.4 Å². The molecule has 22 heavy (non-hydrogen) atoms. The fraction of sp³-hybridized carbons (Fsp3) is 0.533. The van der Waals surface area contributed by atoms with Crippen LogP contribution in [-0.4, -0.2) is 46.3 Å². The van der Waals surface area contributed by atoms with E-state index in [0.717, 1.165) is 44.1 Å². The Morgan fingerprint density at radius 1 is 1.36 bits per heavy atom. The Hall–Kier alpha value is -2.15. The second-order valence-corrected chi connectivity index (χ2v) is 5.53. The summed E-state index contributed by atoms with van der Waals surface area (Å²) in [6, 6.07) is 1.91. The van der Waals surface area contributed by atoms with Gasteiger partial charge in [-0.2, -0.15) is 4.98 Å². The van der Waals surface area contributed by atoms with Crippen molar-refractivity contribution in [3.63, 3.8) is 0 Å². The zero-order valence-corrected chi connectivity index (χ0v) is 12.9. The molecule has 3 rings (SSSR count). The standard InChI is InChI=1S/C15H22N6O/c1-22-10-9-20-8-6-17-14(20)12-3-2-7-21(11-12)13-4-5-18-15(16)19-13/h4-6,8,12H,2-3,7,9-11H2,1H3,(H2,16,18,19). The van der Waals surface area contributed by atoms with Crippen LogP contribution in [0.15, 0.2) is 24.7 Å². The molecule has 1 saturated heterocycles. The fourth-order valence-corrected chi connectivity index (χ4v) is 3.00. The molecule has 7 heteroatoms. The van der Waals surface area contributed by atoms with Gasteiger partial charge in [-0.1, -0.05) is 0 Å². The lowest BCUT2D eigenvalue weighted by molar-refractivity contribution is 0.185. The molecule has 0 bridgehead atoms. The van der Waals surface area contributed by atoms with Gasteiger partial charge in [-0.15, -0.1) is 0 Å². The van der Waals surface area contributed by atoms with E-state index >= 15 is 0 Å². The van der Waals surface area contributed by atoms with Gasteiger partial charge in [0, 0.05) is 51.3 Å². The molecule has 2 aromatic heterocycles. The molecule has 0 aliphatic carbocycles.